The van der Waals surface area contributed by atoms with E-state index in [0.29, 0.717) is 35.4 Å². The molecule has 5 aliphatic carbocycles. The van der Waals surface area contributed by atoms with Gasteiger partial charge in [0.2, 0.25) is 5.91 Å². The highest BCUT2D eigenvalue weighted by atomic mass is 16.5. The number of hydrogen-bond donors (Lipinski definition) is 2. The van der Waals surface area contributed by atoms with E-state index in [1.807, 2.05) is 12.4 Å². The number of Topliss-reactive ketones (excluding diaryl/α,β-unsaturated/α-hetero) is 1. The Morgan fingerprint density at radius 2 is 1.53 bits per heavy atom. The lowest BCUT2D eigenvalue weighted by Crippen LogP contribution is -2.68. The van der Waals surface area contributed by atoms with Gasteiger partial charge >= 0.3 is 0 Å². The molecule has 2 N–H and O–H groups in total. The normalized spacial score (nSPS) is 54.2. The minimum absolute atomic E-state index is 0.0279. The summed E-state index contributed by atoms with van der Waals surface area (Å²) in [5, 5.41) is 9.46. The number of fused-ring (bicyclic) bond motifs is 7. The van der Waals surface area contributed by atoms with Crippen molar-refractivity contribution in [2.75, 3.05) is 0 Å². The number of amides is 1. The van der Waals surface area contributed by atoms with Gasteiger partial charge in [0.1, 0.15) is 5.78 Å². The molecule has 34 heavy (non-hydrogen) atoms. The number of nitrogens with one attached hydrogen (secondary N) is 1. The van der Waals surface area contributed by atoms with Crippen molar-refractivity contribution in [1.82, 2.24) is 5.48 Å². The molecule has 0 bridgehead atoms. The second-order valence-corrected chi connectivity index (χ2v) is 15.5. The first-order valence-corrected chi connectivity index (χ1v) is 14.1. The van der Waals surface area contributed by atoms with E-state index in [1.165, 1.54) is 38.5 Å². The largest absolute Gasteiger partial charge is 0.299 e. The molecule has 0 saturated heterocycles. The summed E-state index contributed by atoms with van der Waals surface area (Å²) in [5.74, 6) is 1.78. The molecule has 0 heterocycles. The van der Waals surface area contributed by atoms with Crippen LogP contribution in [0.1, 0.15) is 119 Å². The van der Waals surface area contributed by atoms with Gasteiger partial charge in [-0.1, -0.05) is 54.9 Å². The van der Waals surface area contributed by atoms with Gasteiger partial charge in [0.25, 0.3) is 0 Å². The Morgan fingerprint density at radius 3 is 2.21 bits per heavy atom. The molecular formula is C30H49NO3. The Balaban J connectivity index is 1.56. The number of carbonyl (C=O) groups excluding carboxylic acids is 2. The summed E-state index contributed by atoms with van der Waals surface area (Å²) in [7, 11) is 0. The van der Waals surface area contributed by atoms with Gasteiger partial charge in [-0.15, -0.1) is 0 Å². The zero-order valence-electron chi connectivity index (χ0n) is 22.9. The average molecular weight is 472 g/mol. The summed E-state index contributed by atoms with van der Waals surface area (Å²) in [5.41, 5.74) is 2.19. The molecule has 0 radical (unpaired) electrons. The molecule has 0 aromatic rings. The van der Waals surface area contributed by atoms with Crippen LogP contribution in [0.3, 0.4) is 0 Å². The zero-order chi connectivity index (χ0) is 24.9. The lowest BCUT2D eigenvalue weighted by atomic mass is 9.31. The van der Waals surface area contributed by atoms with Crippen LogP contribution in [0, 0.1) is 56.2 Å². The lowest BCUT2D eigenvalue weighted by Gasteiger charge is -2.72. The smallest absolute Gasteiger partial charge is 0.249 e. The van der Waals surface area contributed by atoms with E-state index >= 15 is 0 Å². The minimum Gasteiger partial charge on any atom is -0.299 e. The fourth-order valence-electron chi connectivity index (χ4n) is 11.3. The number of rotatable bonds is 1. The van der Waals surface area contributed by atoms with E-state index in [2.05, 4.69) is 41.5 Å². The van der Waals surface area contributed by atoms with Crippen LogP contribution in [0.15, 0.2) is 0 Å². The van der Waals surface area contributed by atoms with Crippen LogP contribution in [-0.2, 0) is 9.59 Å². The molecule has 4 heteroatoms. The molecule has 4 nitrogen and oxygen atoms in total. The highest BCUT2D eigenvalue weighted by Crippen LogP contribution is 2.76. The minimum atomic E-state index is -0.547. The van der Waals surface area contributed by atoms with Gasteiger partial charge in [-0.05, 0) is 103 Å². The maximum absolute atomic E-state index is 14.3. The van der Waals surface area contributed by atoms with Crippen LogP contribution in [-0.4, -0.2) is 16.9 Å². The maximum Gasteiger partial charge on any atom is 0.249 e. The van der Waals surface area contributed by atoms with Crippen molar-refractivity contribution in [3.8, 4) is 0 Å². The van der Waals surface area contributed by atoms with E-state index in [9.17, 15) is 14.8 Å². The first-order chi connectivity index (χ1) is 15.7. The maximum atomic E-state index is 14.3. The first kappa shape index (κ1) is 24.8. The summed E-state index contributed by atoms with van der Waals surface area (Å²) < 4.78 is 0. The molecule has 0 aromatic heterocycles. The van der Waals surface area contributed by atoms with E-state index in [-0.39, 0.29) is 33.5 Å². The Bertz CT molecular complexity index is 897. The summed E-state index contributed by atoms with van der Waals surface area (Å²) >= 11 is 0. The van der Waals surface area contributed by atoms with Crippen molar-refractivity contribution in [1.29, 1.82) is 0 Å². The number of carbonyl (C=O) groups is 2. The predicted molar refractivity (Wildman–Crippen MR) is 134 cm³/mol. The molecule has 192 valence electrons. The molecule has 1 amide bonds. The van der Waals surface area contributed by atoms with Crippen molar-refractivity contribution in [3.63, 3.8) is 0 Å². The van der Waals surface area contributed by atoms with Gasteiger partial charge in [-0.2, -0.15) is 0 Å². The third kappa shape index (κ3) is 2.99. The monoisotopic (exact) mass is 471 g/mol. The number of hydroxylamine groups is 1. The summed E-state index contributed by atoms with van der Waals surface area (Å²) in [6.07, 6.45) is 11.9. The van der Waals surface area contributed by atoms with Crippen molar-refractivity contribution in [3.05, 3.63) is 0 Å². The Hall–Kier alpha value is -0.900. The number of hydrogen-bond acceptors (Lipinski definition) is 3. The molecule has 2 unspecified atom stereocenters. The zero-order valence-corrected chi connectivity index (χ0v) is 22.9. The van der Waals surface area contributed by atoms with Crippen molar-refractivity contribution in [2.45, 2.75) is 119 Å². The molecule has 0 aromatic carbocycles. The summed E-state index contributed by atoms with van der Waals surface area (Å²) in [4.78, 5) is 27.0. The van der Waals surface area contributed by atoms with Crippen molar-refractivity contribution >= 4 is 11.7 Å². The second-order valence-electron chi connectivity index (χ2n) is 15.5. The fourth-order valence-corrected chi connectivity index (χ4v) is 11.3. The van der Waals surface area contributed by atoms with E-state index in [1.54, 1.807) is 0 Å². The molecule has 5 rings (SSSR count). The van der Waals surface area contributed by atoms with E-state index in [0.717, 1.165) is 25.7 Å². The van der Waals surface area contributed by atoms with Crippen LogP contribution in [0.25, 0.3) is 0 Å². The standard InChI is InChI=1S/C30H49NO3/c1-25(2)10-8-11-28(5)22(25)9-12-30(7)23(28)21(32)17-19-20-18-27(4,24(33)31-34)14-13-26(20,3)15-16-29(19,30)6/h19-20,22-23,34H,8-18H2,1-7H3,(H,31,33)/t19-,20-,22?,23-,26-,27?,28+,29-,30-/m1/s1. The Kier molecular flexibility index (Phi) is 5.34. The van der Waals surface area contributed by atoms with Gasteiger partial charge < -0.3 is 0 Å². The van der Waals surface area contributed by atoms with Gasteiger partial charge in [-0.3, -0.25) is 14.8 Å². The Labute approximate surface area is 207 Å². The molecular weight excluding hydrogens is 422 g/mol. The first-order valence-electron chi connectivity index (χ1n) is 14.1. The fraction of sp³-hybridized carbons (Fsp3) is 0.933. The SMILES string of the molecule is CC1(C(=O)NO)CC[C@]2(C)CC[C@]3(C)[C@H](CC(=O)[C@@H]4[C@@]5(C)CCCC(C)(C)C5CC[C@]43C)[C@H]2C1. The van der Waals surface area contributed by atoms with Gasteiger partial charge in [-0.25, -0.2) is 5.48 Å². The summed E-state index contributed by atoms with van der Waals surface area (Å²) in [6, 6.07) is 0. The third-order valence-corrected chi connectivity index (χ3v) is 13.6. The van der Waals surface area contributed by atoms with Crippen molar-refractivity contribution in [2.24, 2.45) is 56.2 Å². The van der Waals surface area contributed by atoms with E-state index in [4.69, 9.17) is 0 Å². The van der Waals surface area contributed by atoms with Gasteiger partial charge in [0.15, 0.2) is 0 Å². The van der Waals surface area contributed by atoms with Crippen LogP contribution in [0.5, 0.6) is 0 Å². The quantitative estimate of drug-likeness (QED) is 0.321. The molecule has 5 saturated carbocycles. The van der Waals surface area contributed by atoms with Gasteiger partial charge in [0, 0.05) is 17.8 Å². The second kappa shape index (κ2) is 7.33. The number of ketones is 1. The summed E-state index contributed by atoms with van der Waals surface area (Å²) in [6.45, 7) is 16.9. The molecule has 0 spiro atoms. The topological polar surface area (TPSA) is 66.4 Å². The van der Waals surface area contributed by atoms with Crippen LogP contribution in [0.2, 0.25) is 0 Å². The molecule has 5 fully saturated rings. The van der Waals surface area contributed by atoms with Crippen LogP contribution < -0.4 is 5.48 Å². The Morgan fingerprint density at radius 1 is 0.853 bits per heavy atom. The predicted octanol–water partition coefficient (Wildman–Crippen LogP) is 6.94. The molecule has 9 atom stereocenters. The highest BCUT2D eigenvalue weighted by Gasteiger charge is 2.71. The highest BCUT2D eigenvalue weighted by molar-refractivity contribution is 5.85. The van der Waals surface area contributed by atoms with Gasteiger partial charge in [0.05, 0.1) is 0 Å². The van der Waals surface area contributed by atoms with Crippen molar-refractivity contribution < 1.29 is 14.8 Å². The van der Waals surface area contributed by atoms with Crippen LogP contribution in [0.4, 0.5) is 0 Å². The average Bonchev–Trinajstić information content (AvgIpc) is 2.75. The van der Waals surface area contributed by atoms with E-state index < -0.39 is 5.41 Å². The lowest BCUT2D eigenvalue weighted by molar-refractivity contribution is -0.233. The van der Waals surface area contributed by atoms with Crippen LogP contribution >= 0.6 is 0 Å². The molecule has 0 aliphatic heterocycles. The third-order valence-electron chi connectivity index (χ3n) is 13.6. The molecule has 5 aliphatic rings.